The first kappa shape index (κ1) is 17.9. The first-order valence-corrected chi connectivity index (χ1v) is 8.73. The van der Waals surface area contributed by atoms with E-state index in [1.165, 1.54) is 12.8 Å². The normalized spacial score (nSPS) is 15.1. The van der Waals surface area contributed by atoms with Gasteiger partial charge in [-0.05, 0) is 49.3 Å². The highest BCUT2D eigenvalue weighted by atomic mass is 16.5. The molecule has 1 aliphatic rings. The van der Waals surface area contributed by atoms with Gasteiger partial charge in [0.2, 0.25) is 0 Å². The zero-order valence-electron chi connectivity index (χ0n) is 14.7. The second-order valence-electron chi connectivity index (χ2n) is 6.29. The number of imidazole rings is 1. The maximum absolute atomic E-state index is 11.3. The number of hydrogen-bond donors (Lipinski definition) is 2. The molecule has 6 heteroatoms. The van der Waals surface area contributed by atoms with E-state index in [1.54, 1.807) is 19.5 Å². The van der Waals surface area contributed by atoms with E-state index in [9.17, 15) is 9.90 Å². The van der Waals surface area contributed by atoms with Gasteiger partial charge in [0, 0.05) is 12.4 Å². The lowest BCUT2D eigenvalue weighted by Crippen LogP contribution is -2.12. The van der Waals surface area contributed by atoms with Gasteiger partial charge in [-0.1, -0.05) is 12.0 Å². The second-order valence-corrected chi connectivity index (χ2v) is 6.29. The predicted octanol–water partition coefficient (Wildman–Crippen LogP) is 3.35. The molecule has 0 aliphatic heterocycles. The lowest BCUT2D eigenvalue weighted by molar-refractivity contribution is -0.137. The van der Waals surface area contributed by atoms with Crippen molar-refractivity contribution >= 4 is 5.97 Å². The third kappa shape index (κ3) is 4.57. The van der Waals surface area contributed by atoms with Crippen LogP contribution in [-0.4, -0.2) is 34.3 Å². The van der Waals surface area contributed by atoms with Crippen molar-refractivity contribution in [3.63, 3.8) is 0 Å². The number of rotatable bonds is 6. The molecule has 0 bridgehead atoms. The highest BCUT2D eigenvalue weighted by molar-refractivity contribution is 5.69. The van der Waals surface area contributed by atoms with E-state index in [2.05, 4.69) is 21.8 Å². The summed E-state index contributed by atoms with van der Waals surface area (Å²) < 4.78 is 11.5. The molecule has 1 heterocycles. The summed E-state index contributed by atoms with van der Waals surface area (Å²) in [6, 6.07) is 5.50. The Morgan fingerprint density at radius 2 is 2.19 bits per heavy atom. The summed E-state index contributed by atoms with van der Waals surface area (Å²) in [6.45, 7) is 0. The predicted molar refractivity (Wildman–Crippen MR) is 96.3 cm³/mol. The van der Waals surface area contributed by atoms with Crippen molar-refractivity contribution in [1.29, 1.82) is 0 Å². The fourth-order valence-corrected chi connectivity index (χ4v) is 3.10. The molecule has 2 N–H and O–H groups in total. The van der Waals surface area contributed by atoms with Gasteiger partial charge in [-0.15, -0.1) is 0 Å². The van der Waals surface area contributed by atoms with Crippen molar-refractivity contribution in [2.45, 2.75) is 44.1 Å². The molecule has 0 radical (unpaired) electrons. The fraction of sp³-hybridized carbons (Fsp3) is 0.400. The lowest BCUT2D eigenvalue weighted by atomic mass is 9.95. The van der Waals surface area contributed by atoms with Gasteiger partial charge in [0.25, 0.3) is 0 Å². The Balaban J connectivity index is 1.88. The minimum atomic E-state index is -0.905. The number of benzene rings is 1. The van der Waals surface area contributed by atoms with Crippen LogP contribution in [0.2, 0.25) is 0 Å². The maximum Gasteiger partial charge on any atom is 0.304 e. The van der Waals surface area contributed by atoms with E-state index in [0.29, 0.717) is 17.3 Å². The molecule has 26 heavy (non-hydrogen) atoms. The number of ether oxygens (including phenoxy) is 2. The van der Waals surface area contributed by atoms with Crippen LogP contribution in [-0.2, 0) is 4.79 Å². The lowest BCUT2D eigenvalue weighted by Gasteiger charge is -2.18. The number of hydrogen-bond acceptors (Lipinski definition) is 4. The van der Waals surface area contributed by atoms with Crippen LogP contribution in [0.15, 0.2) is 30.6 Å². The first-order chi connectivity index (χ1) is 12.7. The van der Waals surface area contributed by atoms with Crippen molar-refractivity contribution in [1.82, 2.24) is 9.97 Å². The fourth-order valence-electron chi connectivity index (χ4n) is 3.10. The van der Waals surface area contributed by atoms with E-state index in [4.69, 9.17) is 9.47 Å². The van der Waals surface area contributed by atoms with E-state index >= 15 is 0 Å². The molecule has 1 aliphatic carbocycles. The van der Waals surface area contributed by atoms with Crippen molar-refractivity contribution in [3.8, 4) is 23.3 Å². The van der Waals surface area contributed by atoms with Crippen LogP contribution >= 0.6 is 0 Å². The molecule has 1 fully saturated rings. The van der Waals surface area contributed by atoms with Crippen molar-refractivity contribution in [3.05, 3.63) is 42.0 Å². The van der Waals surface area contributed by atoms with Crippen LogP contribution in [0.25, 0.3) is 0 Å². The average Bonchev–Trinajstić information content (AvgIpc) is 3.32. The van der Waals surface area contributed by atoms with E-state index in [-0.39, 0.29) is 12.5 Å². The van der Waals surface area contributed by atoms with E-state index in [0.717, 1.165) is 18.4 Å². The Bertz CT molecular complexity index is 799. The molecule has 0 saturated heterocycles. The number of aromatic nitrogens is 2. The molecule has 6 nitrogen and oxygen atoms in total. The summed E-state index contributed by atoms with van der Waals surface area (Å²) in [5, 5.41) is 9.26. The number of H-pyrrole nitrogens is 1. The van der Waals surface area contributed by atoms with Crippen LogP contribution < -0.4 is 9.47 Å². The maximum atomic E-state index is 11.3. The van der Waals surface area contributed by atoms with Crippen LogP contribution in [0, 0.1) is 11.8 Å². The Hall–Kier alpha value is -2.94. The summed E-state index contributed by atoms with van der Waals surface area (Å²) in [6.07, 6.45) is 7.78. The van der Waals surface area contributed by atoms with Gasteiger partial charge in [-0.3, -0.25) is 4.79 Å². The van der Waals surface area contributed by atoms with Gasteiger partial charge in [0.1, 0.15) is 0 Å². The summed E-state index contributed by atoms with van der Waals surface area (Å²) >= 11 is 0. The van der Waals surface area contributed by atoms with Gasteiger partial charge in [-0.25, -0.2) is 4.98 Å². The van der Waals surface area contributed by atoms with Gasteiger partial charge in [0.15, 0.2) is 17.3 Å². The zero-order valence-corrected chi connectivity index (χ0v) is 14.7. The topological polar surface area (TPSA) is 84.4 Å². The standard InChI is InChI=1S/C20H22N2O4/c1-25-17-8-6-14(12-18(17)26-16-4-2-3-5-16)15(13-20(23)24)7-9-19-21-10-11-22-19/h6,8,10-12,15-16H,2-5,13H2,1H3,(H,21,22)(H,23,24). The minimum absolute atomic E-state index is 0.0943. The molecule has 1 unspecified atom stereocenters. The van der Waals surface area contributed by atoms with Crippen molar-refractivity contribution in [2.24, 2.45) is 0 Å². The summed E-state index contributed by atoms with van der Waals surface area (Å²) in [5.74, 6) is 6.34. The number of methoxy groups -OCH3 is 1. The van der Waals surface area contributed by atoms with Crippen LogP contribution in [0.5, 0.6) is 11.5 Å². The second kappa shape index (κ2) is 8.43. The quantitative estimate of drug-likeness (QED) is 0.777. The van der Waals surface area contributed by atoms with Crippen LogP contribution in [0.1, 0.15) is 49.4 Å². The molecule has 2 aromatic rings. The number of carboxylic acids is 1. The van der Waals surface area contributed by atoms with E-state index in [1.807, 2.05) is 18.2 Å². The molecule has 3 rings (SSSR count). The minimum Gasteiger partial charge on any atom is -0.493 e. The molecule has 136 valence electrons. The van der Waals surface area contributed by atoms with Crippen LogP contribution in [0.3, 0.4) is 0 Å². The van der Waals surface area contributed by atoms with Gasteiger partial charge >= 0.3 is 5.97 Å². The summed E-state index contributed by atoms with van der Waals surface area (Å²) in [7, 11) is 1.60. The molecule has 1 aromatic heterocycles. The monoisotopic (exact) mass is 354 g/mol. The smallest absolute Gasteiger partial charge is 0.304 e. The average molecular weight is 354 g/mol. The molecule has 0 spiro atoms. The Morgan fingerprint density at radius 3 is 2.85 bits per heavy atom. The number of nitrogens with zero attached hydrogens (tertiary/aromatic N) is 1. The summed E-state index contributed by atoms with van der Waals surface area (Å²) in [5.41, 5.74) is 0.792. The van der Waals surface area contributed by atoms with Crippen molar-refractivity contribution in [2.75, 3.05) is 7.11 Å². The summed E-state index contributed by atoms with van der Waals surface area (Å²) in [4.78, 5) is 18.2. The first-order valence-electron chi connectivity index (χ1n) is 8.73. The Labute approximate surface area is 152 Å². The SMILES string of the molecule is COc1ccc(C(C#Cc2ncc[nH]2)CC(=O)O)cc1OC1CCCC1. The van der Waals surface area contributed by atoms with E-state index < -0.39 is 11.9 Å². The highest BCUT2D eigenvalue weighted by Gasteiger charge is 2.20. The number of aliphatic carboxylic acids is 1. The van der Waals surface area contributed by atoms with Gasteiger partial charge in [0.05, 0.1) is 25.6 Å². The number of aromatic amines is 1. The Kier molecular flexibility index (Phi) is 5.80. The molecule has 1 aromatic carbocycles. The number of carboxylic acid groups (broad SMARTS) is 1. The third-order valence-electron chi connectivity index (χ3n) is 4.43. The molecular weight excluding hydrogens is 332 g/mol. The largest absolute Gasteiger partial charge is 0.493 e. The van der Waals surface area contributed by atoms with Crippen molar-refractivity contribution < 1.29 is 19.4 Å². The number of carbonyl (C=O) groups is 1. The molecule has 1 atom stereocenters. The van der Waals surface area contributed by atoms with Gasteiger partial charge in [-0.2, -0.15) is 0 Å². The number of nitrogens with one attached hydrogen (secondary N) is 1. The highest BCUT2D eigenvalue weighted by Crippen LogP contribution is 2.35. The zero-order chi connectivity index (χ0) is 18.4. The molecule has 0 amide bonds. The molecule has 1 saturated carbocycles. The Morgan fingerprint density at radius 1 is 1.38 bits per heavy atom. The van der Waals surface area contributed by atoms with Crippen LogP contribution in [0.4, 0.5) is 0 Å². The third-order valence-corrected chi connectivity index (χ3v) is 4.43. The molecular formula is C20H22N2O4. The van der Waals surface area contributed by atoms with Gasteiger partial charge < -0.3 is 19.6 Å².